The molecule has 2 aliphatic heterocycles. The standard InChI is InChI=1S/C28H33FN4O6/c1-30-26(35)25(8-5-13-34)33-18-22-21(27(33)36)6-4-7-24(22)31-17-19-16-20(9-10-23(19)29)38-14-15-39-28(37)32-11-2-3-12-32/h4,6-7,9-10,13,16,25,31H,2-3,5,8,11-12,14-15,17-18H2,1H3,(H,30,35). The molecule has 39 heavy (non-hydrogen) atoms. The summed E-state index contributed by atoms with van der Waals surface area (Å²) in [5.74, 6) is -0.611. The molecule has 0 bridgehead atoms. The maximum atomic E-state index is 14.6. The molecule has 1 atom stereocenters. The van der Waals surface area contributed by atoms with E-state index in [9.17, 15) is 23.6 Å². The van der Waals surface area contributed by atoms with Crippen molar-refractivity contribution < 1.29 is 33.0 Å². The van der Waals surface area contributed by atoms with E-state index in [1.165, 1.54) is 24.1 Å². The number of fused-ring (bicyclic) bond motifs is 1. The van der Waals surface area contributed by atoms with Gasteiger partial charge in [0, 0.05) is 62.0 Å². The van der Waals surface area contributed by atoms with E-state index in [0.29, 0.717) is 41.2 Å². The highest BCUT2D eigenvalue weighted by Crippen LogP contribution is 2.32. The summed E-state index contributed by atoms with van der Waals surface area (Å²) < 4.78 is 25.5. The molecule has 208 valence electrons. The molecular weight excluding hydrogens is 507 g/mol. The Hall–Kier alpha value is -4.15. The van der Waals surface area contributed by atoms with E-state index in [4.69, 9.17) is 9.47 Å². The zero-order chi connectivity index (χ0) is 27.8. The first kappa shape index (κ1) is 27.9. The summed E-state index contributed by atoms with van der Waals surface area (Å²) in [6.07, 6.45) is 2.72. The van der Waals surface area contributed by atoms with Crippen molar-refractivity contribution >= 4 is 29.9 Å². The highest BCUT2D eigenvalue weighted by molar-refractivity contribution is 6.02. The zero-order valence-electron chi connectivity index (χ0n) is 21.9. The number of anilines is 1. The van der Waals surface area contributed by atoms with Crippen LogP contribution < -0.4 is 15.4 Å². The molecule has 2 aromatic rings. The van der Waals surface area contributed by atoms with Gasteiger partial charge in [-0.2, -0.15) is 0 Å². The quantitative estimate of drug-likeness (QED) is 0.314. The molecule has 1 saturated heterocycles. The summed E-state index contributed by atoms with van der Waals surface area (Å²) in [6.45, 7) is 1.96. The molecule has 0 aliphatic carbocycles. The number of amides is 3. The SMILES string of the molecule is CNC(=O)C(CCC=O)N1Cc2c(NCc3cc(OCCOC(=O)N4CCCC4)ccc3F)cccc2C1=O. The second kappa shape index (κ2) is 13.1. The Kier molecular flexibility index (Phi) is 9.35. The number of nitrogens with one attached hydrogen (secondary N) is 2. The van der Waals surface area contributed by atoms with Crippen molar-refractivity contribution in [3.8, 4) is 5.75 Å². The summed E-state index contributed by atoms with van der Waals surface area (Å²) in [5, 5.41) is 5.77. The van der Waals surface area contributed by atoms with Crippen LogP contribution in [-0.2, 0) is 27.4 Å². The number of benzene rings is 2. The average Bonchev–Trinajstić information content (AvgIpc) is 3.60. The summed E-state index contributed by atoms with van der Waals surface area (Å²) >= 11 is 0. The third-order valence-corrected chi connectivity index (χ3v) is 6.91. The third kappa shape index (κ3) is 6.65. The van der Waals surface area contributed by atoms with Gasteiger partial charge in [0.2, 0.25) is 5.91 Å². The third-order valence-electron chi connectivity index (χ3n) is 6.91. The van der Waals surface area contributed by atoms with Gasteiger partial charge in [-0.15, -0.1) is 0 Å². The normalized spacial score (nSPS) is 15.1. The number of carbonyl (C=O) groups excluding carboxylic acids is 4. The average molecular weight is 541 g/mol. The maximum Gasteiger partial charge on any atom is 0.409 e. The molecule has 2 aromatic carbocycles. The van der Waals surface area contributed by atoms with Gasteiger partial charge in [0.05, 0.1) is 0 Å². The van der Waals surface area contributed by atoms with Crippen LogP contribution >= 0.6 is 0 Å². The van der Waals surface area contributed by atoms with Gasteiger partial charge in [-0.25, -0.2) is 9.18 Å². The van der Waals surface area contributed by atoms with E-state index < -0.39 is 11.9 Å². The lowest BCUT2D eigenvalue weighted by atomic mass is 10.1. The number of rotatable bonds is 12. The molecule has 11 heteroatoms. The minimum atomic E-state index is -0.770. The van der Waals surface area contributed by atoms with Gasteiger partial charge in [-0.05, 0) is 49.6 Å². The largest absolute Gasteiger partial charge is 0.490 e. The van der Waals surface area contributed by atoms with Crippen molar-refractivity contribution in [3.63, 3.8) is 0 Å². The van der Waals surface area contributed by atoms with Gasteiger partial charge < -0.3 is 34.7 Å². The second-order valence-electron chi connectivity index (χ2n) is 9.40. The van der Waals surface area contributed by atoms with Crippen LogP contribution in [-0.4, -0.2) is 73.4 Å². The van der Waals surface area contributed by atoms with Crippen molar-refractivity contribution in [1.29, 1.82) is 0 Å². The molecule has 0 radical (unpaired) electrons. The first-order valence-electron chi connectivity index (χ1n) is 13.1. The fraction of sp³-hybridized carbons (Fsp3) is 0.429. The van der Waals surface area contributed by atoms with E-state index >= 15 is 0 Å². The van der Waals surface area contributed by atoms with E-state index in [-0.39, 0.29) is 57.1 Å². The molecule has 0 saturated carbocycles. The van der Waals surface area contributed by atoms with Gasteiger partial charge >= 0.3 is 6.09 Å². The van der Waals surface area contributed by atoms with Gasteiger partial charge in [-0.3, -0.25) is 9.59 Å². The highest BCUT2D eigenvalue weighted by atomic mass is 19.1. The number of hydrogen-bond acceptors (Lipinski definition) is 7. The summed E-state index contributed by atoms with van der Waals surface area (Å²) in [5.41, 5.74) is 2.17. The Bertz CT molecular complexity index is 1220. The molecule has 2 N–H and O–H groups in total. The van der Waals surface area contributed by atoms with Crippen molar-refractivity contribution in [2.45, 2.75) is 44.8 Å². The van der Waals surface area contributed by atoms with E-state index in [1.54, 1.807) is 29.2 Å². The van der Waals surface area contributed by atoms with Crippen LogP contribution in [0.1, 0.15) is 47.2 Å². The van der Waals surface area contributed by atoms with Crippen LogP contribution in [0.4, 0.5) is 14.9 Å². The predicted octanol–water partition coefficient (Wildman–Crippen LogP) is 3.10. The number of aldehydes is 1. The van der Waals surface area contributed by atoms with E-state index in [1.807, 2.05) is 0 Å². The molecule has 0 spiro atoms. The number of halogens is 1. The van der Waals surface area contributed by atoms with Crippen LogP contribution in [0.5, 0.6) is 5.75 Å². The van der Waals surface area contributed by atoms with Crippen LogP contribution in [0.25, 0.3) is 0 Å². The number of hydrogen-bond donors (Lipinski definition) is 2. The minimum absolute atomic E-state index is 0.0882. The lowest BCUT2D eigenvalue weighted by Crippen LogP contribution is -2.46. The van der Waals surface area contributed by atoms with Crippen molar-refractivity contribution in [3.05, 3.63) is 58.9 Å². The Morgan fingerprint density at radius 3 is 2.69 bits per heavy atom. The second-order valence-corrected chi connectivity index (χ2v) is 9.40. The highest BCUT2D eigenvalue weighted by Gasteiger charge is 2.36. The van der Waals surface area contributed by atoms with Crippen LogP contribution in [0, 0.1) is 5.82 Å². The summed E-state index contributed by atoms with van der Waals surface area (Å²) in [6, 6.07) is 8.83. The first-order chi connectivity index (χ1) is 18.9. The Morgan fingerprint density at radius 1 is 1.15 bits per heavy atom. The van der Waals surface area contributed by atoms with Crippen molar-refractivity contribution in [2.24, 2.45) is 0 Å². The molecule has 10 nitrogen and oxygen atoms in total. The van der Waals surface area contributed by atoms with Crippen molar-refractivity contribution in [1.82, 2.24) is 15.1 Å². The lowest BCUT2D eigenvalue weighted by Gasteiger charge is -2.25. The van der Waals surface area contributed by atoms with Gasteiger partial charge in [0.15, 0.2) is 0 Å². The van der Waals surface area contributed by atoms with Crippen LogP contribution in [0.3, 0.4) is 0 Å². The smallest absolute Gasteiger partial charge is 0.409 e. The first-order valence-corrected chi connectivity index (χ1v) is 13.1. The monoisotopic (exact) mass is 540 g/mol. The number of nitrogens with zero attached hydrogens (tertiary/aromatic N) is 2. The number of likely N-dealkylation sites (tertiary alicyclic amines) is 1. The number of ether oxygens (including phenoxy) is 2. The van der Waals surface area contributed by atoms with Gasteiger partial charge in [0.25, 0.3) is 5.91 Å². The van der Waals surface area contributed by atoms with Crippen LogP contribution in [0.2, 0.25) is 0 Å². The van der Waals surface area contributed by atoms with Gasteiger partial charge in [0.1, 0.15) is 37.1 Å². The molecule has 3 amide bonds. The lowest BCUT2D eigenvalue weighted by molar-refractivity contribution is -0.125. The Balaban J connectivity index is 1.37. The van der Waals surface area contributed by atoms with Gasteiger partial charge in [-0.1, -0.05) is 6.07 Å². The summed E-state index contributed by atoms with van der Waals surface area (Å²) in [7, 11) is 1.49. The Labute approximate surface area is 226 Å². The topological polar surface area (TPSA) is 117 Å². The molecule has 2 heterocycles. The molecule has 2 aliphatic rings. The molecule has 0 aromatic heterocycles. The fourth-order valence-electron chi connectivity index (χ4n) is 4.84. The number of carbonyl (C=O) groups is 4. The van der Waals surface area contributed by atoms with E-state index in [0.717, 1.165) is 19.1 Å². The van der Waals surface area contributed by atoms with Crippen molar-refractivity contribution in [2.75, 3.05) is 38.7 Å². The minimum Gasteiger partial charge on any atom is -0.490 e. The Morgan fingerprint density at radius 2 is 1.95 bits per heavy atom. The zero-order valence-corrected chi connectivity index (χ0v) is 21.9. The predicted molar refractivity (Wildman–Crippen MR) is 141 cm³/mol. The van der Waals surface area contributed by atoms with E-state index in [2.05, 4.69) is 10.6 Å². The maximum absolute atomic E-state index is 14.6. The molecule has 1 fully saturated rings. The summed E-state index contributed by atoms with van der Waals surface area (Å²) in [4.78, 5) is 51.5. The molecular formula is C28H33FN4O6. The fourth-order valence-corrected chi connectivity index (χ4v) is 4.84. The number of likely N-dealkylation sites (N-methyl/N-ethyl adjacent to an activating group) is 1. The molecule has 1 unspecified atom stereocenters. The van der Waals surface area contributed by atoms with Crippen LogP contribution in [0.15, 0.2) is 36.4 Å². The molecule has 4 rings (SSSR count).